The number of aryl methyl sites for hydroxylation is 1. The first-order chi connectivity index (χ1) is 11.6. The highest BCUT2D eigenvalue weighted by molar-refractivity contribution is 14.0. The molecule has 0 bridgehead atoms. The predicted octanol–water partition coefficient (Wildman–Crippen LogP) is 3.36. The molecular formula is C16H21Cl2IN6. The molecule has 2 aromatic rings. The minimum atomic E-state index is 0. The Morgan fingerprint density at radius 2 is 2.12 bits per heavy atom. The van der Waals surface area contributed by atoms with Gasteiger partial charge in [0.25, 0.3) is 0 Å². The zero-order valence-electron chi connectivity index (χ0n) is 14.2. The standard InChI is InChI=1S/C16H20Cl2N6.HI/c1-19-16(20-9-15-22-21-14-4-3-7-24(14)15)23(2)10-11-5-6-12(17)13(18)8-11;/h5-6,8H,3-4,7,9-10H2,1-2H3,(H,19,20);1H. The van der Waals surface area contributed by atoms with E-state index < -0.39 is 0 Å². The number of nitrogens with one attached hydrogen (secondary N) is 1. The van der Waals surface area contributed by atoms with Crippen LogP contribution in [0.1, 0.15) is 23.6 Å². The number of guanidine groups is 1. The molecule has 1 aliphatic rings. The maximum Gasteiger partial charge on any atom is 0.194 e. The third kappa shape index (κ3) is 4.77. The topological polar surface area (TPSA) is 58.3 Å². The summed E-state index contributed by atoms with van der Waals surface area (Å²) in [4.78, 5) is 6.36. The van der Waals surface area contributed by atoms with E-state index >= 15 is 0 Å². The van der Waals surface area contributed by atoms with Crippen LogP contribution in [-0.2, 0) is 26.1 Å². The molecule has 0 radical (unpaired) electrons. The number of benzene rings is 1. The molecule has 25 heavy (non-hydrogen) atoms. The van der Waals surface area contributed by atoms with E-state index in [-0.39, 0.29) is 24.0 Å². The fraction of sp³-hybridized carbons (Fsp3) is 0.438. The van der Waals surface area contributed by atoms with Gasteiger partial charge in [-0.25, -0.2) is 0 Å². The van der Waals surface area contributed by atoms with Crippen LogP contribution in [-0.4, -0.2) is 39.7 Å². The van der Waals surface area contributed by atoms with Gasteiger partial charge in [-0.1, -0.05) is 29.3 Å². The Morgan fingerprint density at radius 3 is 2.84 bits per heavy atom. The van der Waals surface area contributed by atoms with Gasteiger partial charge in [0.15, 0.2) is 11.8 Å². The van der Waals surface area contributed by atoms with E-state index in [1.165, 1.54) is 0 Å². The Labute approximate surface area is 174 Å². The summed E-state index contributed by atoms with van der Waals surface area (Å²) < 4.78 is 2.18. The van der Waals surface area contributed by atoms with Gasteiger partial charge in [-0.3, -0.25) is 4.99 Å². The van der Waals surface area contributed by atoms with Crippen molar-refractivity contribution in [1.82, 2.24) is 25.0 Å². The van der Waals surface area contributed by atoms with E-state index in [9.17, 15) is 0 Å². The second-order valence-corrected chi connectivity index (χ2v) is 6.61. The lowest BCUT2D eigenvalue weighted by molar-refractivity contribution is 0.474. The molecule has 0 spiro atoms. The van der Waals surface area contributed by atoms with Gasteiger partial charge >= 0.3 is 0 Å². The molecule has 2 heterocycles. The number of fused-ring (bicyclic) bond motifs is 1. The molecule has 9 heteroatoms. The van der Waals surface area contributed by atoms with Gasteiger partial charge in [0.1, 0.15) is 5.82 Å². The Morgan fingerprint density at radius 1 is 1.32 bits per heavy atom. The van der Waals surface area contributed by atoms with Crippen LogP contribution in [0.2, 0.25) is 10.0 Å². The summed E-state index contributed by atoms with van der Waals surface area (Å²) >= 11 is 12.0. The predicted molar refractivity (Wildman–Crippen MR) is 112 cm³/mol. The number of aliphatic imine (C=N–C) groups is 1. The Kier molecular flexibility index (Phi) is 7.33. The zero-order chi connectivity index (χ0) is 17.1. The van der Waals surface area contributed by atoms with Gasteiger partial charge in [0.05, 0.1) is 16.6 Å². The average molecular weight is 495 g/mol. The number of halogens is 3. The van der Waals surface area contributed by atoms with Crippen molar-refractivity contribution < 1.29 is 0 Å². The van der Waals surface area contributed by atoms with Crippen LogP contribution >= 0.6 is 47.2 Å². The molecule has 6 nitrogen and oxygen atoms in total. The molecule has 0 atom stereocenters. The summed E-state index contributed by atoms with van der Waals surface area (Å²) in [5.41, 5.74) is 1.07. The summed E-state index contributed by atoms with van der Waals surface area (Å²) in [5, 5.41) is 12.9. The summed E-state index contributed by atoms with van der Waals surface area (Å²) in [6, 6.07) is 5.64. The largest absolute Gasteiger partial charge is 0.349 e. The van der Waals surface area contributed by atoms with Crippen LogP contribution in [0, 0.1) is 0 Å². The molecule has 136 valence electrons. The van der Waals surface area contributed by atoms with E-state index in [2.05, 4.69) is 25.1 Å². The van der Waals surface area contributed by atoms with E-state index in [1.54, 1.807) is 7.05 Å². The Balaban J connectivity index is 0.00000225. The van der Waals surface area contributed by atoms with Crippen LogP contribution in [0.3, 0.4) is 0 Å². The highest BCUT2D eigenvalue weighted by Gasteiger charge is 2.17. The van der Waals surface area contributed by atoms with Crippen LogP contribution in [0.15, 0.2) is 23.2 Å². The smallest absolute Gasteiger partial charge is 0.194 e. The molecule has 0 saturated heterocycles. The first-order valence-electron chi connectivity index (χ1n) is 7.85. The molecule has 0 saturated carbocycles. The van der Waals surface area contributed by atoms with Crippen molar-refractivity contribution in [3.05, 3.63) is 45.5 Å². The maximum atomic E-state index is 6.08. The SMILES string of the molecule is CN=C(NCc1nnc2n1CCC2)N(C)Cc1ccc(Cl)c(Cl)c1.I. The molecule has 1 aliphatic heterocycles. The highest BCUT2D eigenvalue weighted by atomic mass is 127. The van der Waals surface area contributed by atoms with Crippen molar-refractivity contribution in [1.29, 1.82) is 0 Å². The van der Waals surface area contributed by atoms with Crippen molar-refractivity contribution in [2.45, 2.75) is 32.5 Å². The molecule has 1 aromatic heterocycles. The van der Waals surface area contributed by atoms with Gasteiger partial charge in [-0.2, -0.15) is 0 Å². The lowest BCUT2D eigenvalue weighted by Gasteiger charge is -2.22. The third-order valence-corrected chi connectivity index (χ3v) is 4.81. The first kappa shape index (κ1) is 20.3. The molecule has 0 amide bonds. The van der Waals surface area contributed by atoms with Crippen LogP contribution in [0.25, 0.3) is 0 Å². The number of nitrogens with zero attached hydrogens (tertiary/aromatic N) is 5. The second kappa shape index (κ2) is 9.05. The van der Waals surface area contributed by atoms with Crippen molar-refractivity contribution >= 4 is 53.1 Å². The molecule has 3 rings (SSSR count). The van der Waals surface area contributed by atoms with Crippen molar-refractivity contribution in [3.8, 4) is 0 Å². The van der Waals surface area contributed by atoms with Gasteiger partial charge in [-0.05, 0) is 24.1 Å². The number of hydrogen-bond acceptors (Lipinski definition) is 3. The lowest BCUT2D eigenvalue weighted by Crippen LogP contribution is -2.38. The average Bonchev–Trinajstić information content (AvgIpc) is 3.16. The summed E-state index contributed by atoms with van der Waals surface area (Å²) in [5.74, 6) is 2.81. The number of hydrogen-bond donors (Lipinski definition) is 1. The van der Waals surface area contributed by atoms with Gasteiger partial charge in [-0.15, -0.1) is 34.2 Å². The summed E-state index contributed by atoms with van der Waals surface area (Å²) in [6.45, 7) is 2.27. The number of rotatable bonds is 4. The summed E-state index contributed by atoms with van der Waals surface area (Å²) in [7, 11) is 3.74. The quantitative estimate of drug-likeness (QED) is 0.402. The molecular weight excluding hydrogens is 474 g/mol. The molecule has 0 fully saturated rings. The normalized spacial score (nSPS) is 13.4. The van der Waals surface area contributed by atoms with Crippen LogP contribution in [0.4, 0.5) is 0 Å². The van der Waals surface area contributed by atoms with Crippen LogP contribution < -0.4 is 5.32 Å². The Hall–Kier alpha value is -1.06. The molecule has 1 N–H and O–H groups in total. The minimum Gasteiger partial charge on any atom is -0.349 e. The molecule has 1 aromatic carbocycles. The summed E-state index contributed by atoms with van der Waals surface area (Å²) in [6.07, 6.45) is 2.16. The number of aromatic nitrogens is 3. The fourth-order valence-corrected chi connectivity index (χ4v) is 3.19. The van der Waals surface area contributed by atoms with Crippen molar-refractivity contribution in [2.75, 3.05) is 14.1 Å². The van der Waals surface area contributed by atoms with E-state index in [0.717, 1.165) is 42.6 Å². The van der Waals surface area contributed by atoms with Gasteiger partial charge < -0.3 is 14.8 Å². The third-order valence-electron chi connectivity index (χ3n) is 4.07. The monoisotopic (exact) mass is 494 g/mol. The van der Waals surface area contributed by atoms with E-state index in [1.807, 2.05) is 30.1 Å². The molecule has 0 unspecified atom stereocenters. The van der Waals surface area contributed by atoms with E-state index in [4.69, 9.17) is 23.2 Å². The fourth-order valence-electron chi connectivity index (χ4n) is 2.87. The second-order valence-electron chi connectivity index (χ2n) is 5.79. The lowest BCUT2D eigenvalue weighted by atomic mass is 10.2. The van der Waals surface area contributed by atoms with Gasteiger partial charge in [0, 0.05) is 33.6 Å². The van der Waals surface area contributed by atoms with E-state index in [0.29, 0.717) is 23.1 Å². The highest BCUT2D eigenvalue weighted by Crippen LogP contribution is 2.23. The maximum absolute atomic E-state index is 6.08. The van der Waals surface area contributed by atoms with Gasteiger partial charge in [0.2, 0.25) is 0 Å². The van der Waals surface area contributed by atoms with Crippen molar-refractivity contribution in [2.24, 2.45) is 4.99 Å². The van der Waals surface area contributed by atoms with Crippen molar-refractivity contribution in [3.63, 3.8) is 0 Å². The first-order valence-corrected chi connectivity index (χ1v) is 8.60. The Bertz CT molecular complexity index is 761. The zero-order valence-corrected chi connectivity index (χ0v) is 18.0. The molecule has 0 aliphatic carbocycles. The minimum absolute atomic E-state index is 0. The van der Waals surface area contributed by atoms with Crippen LogP contribution in [0.5, 0.6) is 0 Å².